The van der Waals surface area contributed by atoms with Crippen molar-refractivity contribution in [2.45, 2.75) is 46.6 Å². The van der Waals surface area contributed by atoms with Crippen molar-refractivity contribution >= 4 is 0 Å². The lowest BCUT2D eigenvalue weighted by Gasteiger charge is -2.28. The average molecular weight is 208 g/mol. The van der Waals surface area contributed by atoms with Crippen molar-refractivity contribution in [1.29, 1.82) is 0 Å². The molecule has 3 heteroatoms. The fourth-order valence-electron chi connectivity index (χ4n) is 2.18. The van der Waals surface area contributed by atoms with E-state index < -0.39 is 0 Å². The van der Waals surface area contributed by atoms with Gasteiger partial charge in [0.1, 0.15) is 11.5 Å². The van der Waals surface area contributed by atoms with Crippen LogP contribution < -0.4 is 5.32 Å². The monoisotopic (exact) mass is 208 g/mol. The second-order valence-corrected chi connectivity index (χ2v) is 5.15. The number of aromatic nitrogens is 1. The van der Waals surface area contributed by atoms with Crippen LogP contribution in [0.25, 0.3) is 0 Å². The van der Waals surface area contributed by atoms with Gasteiger partial charge in [-0.25, -0.2) is 0 Å². The first-order chi connectivity index (χ1) is 7.12. The molecule has 2 rings (SSSR count). The van der Waals surface area contributed by atoms with E-state index >= 15 is 0 Å². The summed E-state index contributed by atoms with van der Waals surface area (Å²) in [7, 11) is 0. The number of hydrogen-bond acceptors (Lipinski definition) is 3. The van der Waals surface area contributed by atoms with Gasteiger partial charge in [-0.1, -0.05) is 25.9 Å². The molecule has 1 aromatic rings. The average Bonchev–Trinajstić information content (AvgIpc) is 2.56. The van der Waals surface area contributed by atoms with Gasteiger partial charge in [-0.3, -0.25) is 0 Å². The molecule has 0 unspecified atom stereocenters. The Bertz CT molecular complexity index is 341. The topological polar surface area (TPSA) is 38.1 Å². The maximum atomic E-state index is 5.39. The van der Waals surface area contributed by atoms with Crippen molar-refractivity contribution in [3.63, 3.8) is 0 Å². The molecule has 0 saturated heterocycles. The largest absolute Gasteiger partial charge is 0.361 e. The maximum Gasteiger partial charge on any atom is 0.140 e. The Morgan fingerprint density at radius 3 is 3.00 bits per heavy atom. The fraction of sp³-hybridized carbons (Fsp3) is 0.750. The van der Waals surface area contributed by atoms with Crippen molar-refractivity contribution in [2.75, 3.05) is 6.54 Å². The maximum absolute atomic E-state index is 5.39. The molecular formula is C12H20N2O. The SMILES string of the molecule is CCNCc1noc2c1CC(C)(C)CC2. The Hall–Kier alpha value is -0.830. The number of hydrogen-bond donors (Lipinski definition) is 1. The third-order valence-electron chi connectivity index (χ3n) is 3.18. The van der Waals surface area contributed by atoms with Crippen molar-refractivity contribution in [1.82, 2.24) is 10.5 Å². The van der Waals surface area contributed by atoms with Gasteiger partial charge in [-0.15, -0.1) is 0 Å². The summed E-state index contributed by atoms with van der Waals surface area (Å²) in [6.07, 6.45) is 3.35. The number of nitrogens with zero attached hydrogens (tertiary/aromatic N) is 1. The predicted octanol–water partition coefficient (Wildman–Crippen LogP) is 2.30. The summed E-state index contributed by atoms with van der Waals surface area (Å²) in [6.45, 7) is 8.56. The highest BCUT2D eigenvalue weighted by Crippen LogP contribution is 2.36. The summed E-state index contributed by atoms with van der Waals surface area (Å²) >= 11 is 0. The quantitative estimate of drug-likeness (QED) is 0.828. The number of fused-ring (bicyclic) bond motifs is 1. The first-order valence-corrected chi connectivity index (χ1v) is 5.79. The smallest absolute Gasteiger partial charge is 0.140 e. The molecule has 0 spiro atoms. The van der Waals surface area contributed by atoms with Crippen LogP contribution >= 0.6 is 0 Å². The van der Waals surface area contributed by atoms with Gasteiger partial charge in [0.25, 0.3) is 0 Å². The van der Waals surface area contributed by atoms with Crippen LogP contribution in [0.1, 0.15) is 44.2 Å². The van der Waals surface area contributed by atoms with E-state index in [4.69, 9.17) is 4.52 Å². The molecule has 1 aliphatic carbocycles. The van der Waals surface area contributed by atoms with Gasteiger partial charge in [-0.2, -0.15) is 0 Å². The lowest BCUT2D eigenvalue weighted by Crippen LogP contribution is -2.23. The van der Waals surface area contributed by atoms with Crippen molar-refractivity contribution in [2.24, 2.45) is 5.41 Å². The van der Waals surface area contributed by atoms with E-state index in [0.717, 1.165) is 37.4 Å². The highest BCUT2D eigenvalue weighted by molar-refractivity contribution is 5.27. The molecule has 0 aliphatic heterocycles. The third kappa shape index (κ3) is 2.23. The van der Waals surface area contributed by atoms with Crippen LogP contribution in [0, 0.1) is 5.41 Å². The lowest BCUT2D eigenvalue weighted by atomic mass is 9.76. The molecule has 0 radical (unpaired) electrons. The van der Waals surface area contributed by atoms with Crippen LogP contribution in [0.5, 0.6) is 0 Å². The van der Waals surface area contributed by atoms with E-state index in [9.17, 15) is 0 Å². The molecule has 0 atom stereocenters. The van der Waals surface area contributed by atoms with Gasteiger partial charge in [0.15, 0.2) is 0 Å². The number of nitrogens with one attached hydrogen (secondary N) is 1. The van der Waals surface area contributed by atoms with Gasteiger partial charge < -0.3 is 9.84 Å². The molecule has 1 heterocycles. The summed E-state index contributed by atoms with van der Waals surface area (Å²) in [5.74, 6) is 1.11. The molecule has 84 valence electrons. The van der Waals surface area contributed by atoms with Crippen LogP contribution in [0.15, 0.2) is 4.52 Å². The molecule has 0 bridgehead atoms. The van der Waals surface area contributed by atoms with Crippen molar-refractivity contribution < 1.29 is 4.52 Å². The van der Waals surface area contributed by atoms with Gasteiger partial charge in [-0.05, 0) is 24.8 Å². The predicted molar refractivity (Wildman–Crippen MR) is 59.7 cm³/mol. The Balaban J connectivity index is 2.18. The second kappa shape index (κ2) is 3.97. The van der Waals surface area contributed by atoms with E-state index in [2.05, 4.69) is 31.2 Å². The Morgan fingerprint density at radius 2 is 2.27 bits per heavy atom. The first kappa shape index (κ1) is 10.7. The Morgan fingerprint density at radius 1 is 1.47 bits per heavy atom. The van der Waals surface area contributed by atoms with E-state index in [0.29, 0.717) is 5.41 Å². The Labute approximate surface area is 91.2 Å². The number of aryl methyl sites for hydroxylation is 1. The van der Waals surface area contributed by atoms with Crippen LogP contribution in [-0.2, 0) is 19.4 Å². The van der Waals surface area contributed by atoms with Gasteiger partial charge in [0.2, 0.25) is 0 Å². The highest BCUT2D eigenvalue weighted by Gasteiger charge is 2.30. The van der Waals surface area contributed by atoms with Gasteiger partial charge in [0.05, 0.1) is 0 Å². The van der Waals surface area contributed by atoms with Crippen LogP contribution in [0.2, 0.25) is 0 Å². The van der Waals surface area contributed by atoms with E-state index in [1.807, 2.05) is 0 Å². The van der Waals surface area contributed by atoms with Gasteiger partial charge in [0, 0.05) is 18.5 Å². The molecule has 0 fully saturated rings. The van der Waals surface area contributed by atoms with Crippen molar-refractivity contribution in [3.8, 4) is 0 Å². The third-order valence-corrected chi connectivity index (χ3v) is 3.18. The molecule has 1 aromatic heterocycles. The molecule has 0 aromatic carbocycles. The second-order valence-electron chi connectivity index (χ2n) is 5.15. The first-order valence-electron chi connectivity index (χ1n) is 5.79. The summed E-state index contributed by atoms with van der Waals surface area (Å²) in [4.78, 5) is 0. The molecule has 1 aliphatic rings. The van der Waals surface area contributed by atoms with E-state index in [1.54, 1.807) is 0 Å². The molecule has 0 amide bonds. The zero-order chi connectivity index (χ0) is 10.9. The van der Waals surface area contributed by atoms with Crippen molar-refractivity contribution in [3.05, 3.63) is 17.0 Å². The minimum absolute atomic E-state index is 0.402. The summed E-state index contributed by atoms with van der Waals surface area (Å²) in [6, 6.07) is 0. The minimum Gasteiger partial charge on any atom is -0.361 e. The molecule has 15 heavy (non-hydrogen) atoms. The minimum atomic E-state index is 0.402. The van der Waals surface area contributed by atoms with E-state index in [-0.39, 0.29) is 0 Å². The summed E-state index contributed by atoms with van der Waals surface area (Å²) in [5, 5.41) is 7.47. The molecule has 1 N–H and O–H groups in total. The van der Waals surface area contributed by atoms with Crippen LogP contribution in [-0.4, -0.2) is 11.7 Å². The fourth-order valence-corrected chi connectivity index (χ4v) is 2.18. The zero-order valence-electron chi connectivity index (χ0n) is 9.89. The summed E-state index contributed by atoms with van der Waals surface area (Å²) in [5.41, 5.74) is 2.87. The van der Waals surface area contributed by atoms with Crippen LogP contribution in [0.4, 0.5) is 0 Å². The molecule has 3 nitrogen and oxygen atoms in total. The standard InChI is InChI=1S/C12H20N2O/c1-4-13-8-10-9-7-12(2,3)6-5-11(9)15-14-10/h13H,4-8H2,1-3H3. The van der Waals surface area contributed by atoms with Crippen LogP contribution in [0.3, 0.4) is 0 Å². The lowest BCUT2D eigenvalue weighted by molar-refractivity contribution is 0.282. The number of rotatable bonds is 3. The highest BCUT2D eigenvalue weighted by atomic mass is 16.5. The molecule has 0 saturated carbocycles. The summed E-state index contributed by atoms with van der Waals surface area (Å²) < 4.78 is 5.39. The molecular weight excluding hydrogens is 188 g/mol. The van der Waals surface area contributed by atoms with Gasteiger partial charge >= 0.3 is 0 Å². The zero-order valence-corrected chi connectivity index (χ0v) is 9.89. The Kier molecular flexibility index (Phi) is 2.83. The van der Waals surface area contributed by atoms with E-state index in [1.165, 1.54) is 12.0 Å². The normalized spacial score (nSPS) is 18.9.